The van der Waals surface area contributed by atoms with E-state index in [-0.39, 0.29) is 62.4 Å². The lowest BCUT2D eigenvalue weighted by molar-refractivity contribution is -0.145. The van der Waals surface area contributed by atoms with Crippen LogP contribution in [-0.4, -0.2) is 172 Å². The van der Waals surface area contributed by atoms with Crippen molar-refractivity contribution in [2.24, 2.45) is 0 Å². The lowest BCUT2D eigenvalue weighted by atomic mass is 9.87. The summed E-state index contributed by atoms with van der Waals surface area (Å²) >= 11 is 8.64. The molecule has 2 aliphatic heterocycles. The van der Waals surface area contributed by atoms with E-state index in [0.29, 0.717) is 126 Å². The summed E-state index contributed by atoms with van der Waals surface area (Å²) in [5.74, 6) is 2.40. The zero-order chi connectivity index (χ0) is 56.4. The number of hydrogen-bond acceptors (Lipinski definition) is 17. The zero-order valence-corrected chi connectivity index (χ0v) is 47.3. The number of terminal acetylenes is 1. The maximum Gasteiger partial charge on any atom is 0.345 e. The molecule has 0 amide bonds. The molecule has 0 saturated carbocycles. The second-order valence-electron chi connectivity index (χ2n) is 19.6. The Balaban J connectivity index is 1.03. The van der Waals surface area contributed by atoms with E-state index in [1.807, 2.05) is 19.9 Å². The minimum Gasteiger partial charge on any atom is -0.490 e. The van der Waals surface area contributed by atoms with Crippen LogP contribution in [0.2, 0.25) is 0 Å². The van der Waals surface area contributed by atoms with Gasteiger partial charge in [0.1, 0.15) is 53.5 Å². The number of aromatic nitrogens is 4. The summed E-state index contributed by atoms with van der Waals surface area (Å²) in [6.07, 6.45) is 9.92. The molecule has 3 aliphatic rings. The van der Waals surface area contributed by atoms with Crippen molar-refractivity contribution in [3.8, 4) is 40.2 Å². The molecule has 1 aliphatic carbocycles. The number of carbonyl (C=O) groups is 1. The molecule has 1 fully saturated rings. The number of carboxylic acid groups (broad SMARTS) is 1. The maximum atomic E-state index is 15.9. The lowest BCUT2D eigenvalue weighted by Gasteiger charge is -2.34. The Morgan fingerprint density at radius 1 is 0.963 bits per heavy atom. The number of alkyl halides is 1. The molecule has 80 heavy (non-hydrogen) atoms. The summed E-state index contributed by atoms with van der Waals surface area (Å²) in [4.78, 5) is 37.7. The Bertz CT molecular complexity index is 3020. The third-order valence-corrected chi connectivity index (χ3v) is 15.5. The van der Waals surface area contributed by atoms with Crippen molar-refractivity contribution in [2.45, 2.75) is 70.4 Å². The number of likely N-dealkylation sites (N-methyl/N-ethyl adjacent to an activating group) is 1. The van der Waals surface area contributed by atoms with E-state index in [1.54, 1.807) is 49.7 Å². The molecule has 428 valence electrons. The number of carboxylic acids is 1. The van der Waals surface area contributed by atoms with Crippen molar-refractivity contribution >= 4 is 50.3 Å². The number of thiophene rings is 1. The van der Waals surface area contributed by atoms with Crippen molar-refractivity contribution < 1.29 is 61.3 Å². The fraction of sp³-hybridized carbons (Fsp3) is 0.475. The molecular formula is C59H69ClF2N6O11S. The molecule has 5 heterocycles. The molecular weight excluding hydrogens is 1070 g/mol. The number of fused-ring (bicyclic) bond motifs is 2. The van der Waals surface area contributed by atoms with Crippen LogP contribution in [-0.2, 0) is 46.2 Å². The van der Waals surface area contributed by atoms with Gasteiger partial charge in [0.25, 0.3) is 0 Å². The van der Waals surface area contributed by atoms with Gasteiger partial charge in [-0.05, 0) is 97.8 Å². The Morgan fingerprint density at radius 3 is 2.36 bits per heavy atom. The van der Waals surface area contributed by atoms with Crippen LogP contribution in [0.5, 0.6) is 17.4 Å². The third kappa shape index (κ3) is 16.3. The first-order chi connectivity index (χ1) is 38.8. The standard InChI is InChI=1S/C59H69ClF2N6O11S/c1-6-47-39(3)53(60)48(7-2)78-46(34-68-22-20-67(4)21-23-68)36-76-45-12-13-49(42(32-45)33-50(58(69)70)79-56-52-51(47)54(80-57(52)65-38-64-56)40-8-10-43(61)11-9-40)77-35-44-16-19-63-55(66-44)41-14-17-59(62,18-15-41)37-75-31-30-74-29-28-73-27-26-72-25-24-71-5/h2,8-14,16,19,32,38,46,50H,6,15,17-18,20-31,33-37H2,1,3-5H3,(H,69,70)/b47-39+,53-48-/t46-,50-,59+/m1/s1. The van der Waals surface area contributed by atoms with E-state index < -0.39 is 29.7 Å². The van der Waals surface area contributed by atoms with Gasteiger partial charge in [0.2, 0.25) is 12.0 Å². The van der Waals surface area contributed by atoms with Crippen molar-refractivity contribution in [2.75, 3.05) is 113 Å². The molecule has 3 aromatic heterocycles. The van der Waals surface area contributed by atoms with Crippen molar-refractivity contribution in [1.29, 1.82) is 0 Å². The lowest BCUT2D eigenvalue weighted by Crippen LogP contribution is -2.48. The summed E-state index contributed by atoms with van der Waals surface area (Å²) in [7, 11) is 3.71. The molecule has 0 spiro atoms. The van der Waals surface area contributed by atoms with Gasteiger partial charge in [-0.1, -0.05) is 36.7 Å². The van der Waals surface area contributed by atoms with E-state index in [9.17, 15) is 14.3 Å². The van der Waals surface area contributed by atoms with Gasteiger partial charge in [0.15, 0.2) is 11.6 Å². The number of benzene rings is 2. The summed E-state index contributed by atoms with van der Waals surface area (Å²) in [5, 5.41) is 11.6. The highest BCUT2D eigenvalue weighted by atomic mass is 35.5. The molecule has 3 atom stereocenters. The number of aliphatic carboxylic acids is 1. The Labute approximate surface area is 474 Å². The van der Waals surface area contributed by atoms with Crippen LogP contribution in [0.1, 0.15) is 62.2 Å². The summed E-state index contributed by atoms with van der Waals surface area (Å²) in [5.41, 5.74) is 2.93. The monoisotopic (exact) mass is 1140 g/mol. The quantitative estimate of drug-likeness (QED) is 0.0483. The predicted octanol–water partition coefficient (Wildman–Crippen LogP) is 9.22. The molecule has 1 N–H and O–H groups in total. The van der Waals surface area contributed by atoms with Gasteiger partial charge in [-0.25, -0.2) is 33.5 Å². The van der Waals surface area contributed by atoms with Crippen molar-refractivity contribution in [3.05, 3.63) is 112 Å². The summed E-state index contributed by atoms with van der Waals surface area (Å²) < 4.78 is 83.5. The van der Waals surface area contributed by atoms with Gasteiger partial charge in [0.05, 0.1) is 75.6 Å². The van der Waals surface area contributed by atoms with Gasteiger partial charge < -0.3 is 52.6 Å². The number of rotatable bonds is 23. The average molecular weight is 1140 g/mol. The molecule has 1 saturated heterocycles. The highest BCUT2D eigenvalue weighted by molar-refractivity contribution is 7.22. The smallest absolute Gasteiger partial charge is 0.345 e. The number of methoxy groups -OCH3 is 1. The second-order valence-corrected chi connectivity index (χ2v) is 21.0. The fourth-order valence-corrected chi connectivity index (χ4v) is 10.9. The third-order valence-electron chi connectivity index (χ3n) is 13.9. The number of piperazine rings is 1. The zero-order valence-electron chi connectivity index (χ0n) is 45.7. The van der Waals surface area contributed by atoms with E-state index in [2.05, 4.69) is 37.7 Å². The second kappa shape index (κ2) is 29.6. The Hall–Kier alpha value is -6.12. The molecule has 0 unspecified atom stereocenters. The topological polar surface area (TPSA) is 178 Å². The van der Waals surface area contributed by atoms with E-state index in [1.165, 1.54) is 29.8 Å². The van der Waals surface area contributed by atoms with E-state index >= 15 is 4.39 Å². The SMILES string of the molecule is C#C/C1=C(Cl)\C(C)=C(/CC)c2c(-c3ccc(F)cc3)sc3ncnc(c23)O[C@@H](C(=O)O)Cc2cc(ccc2OCc2ccnc(C3=CC[C@@](F)(COCCOCCOCCOCCOC)CC3)n2)OC[C@@H](CN2CCN(C)CC2)O1. The number of halogens is 3. The van der Waals surface area contributed by atoms with Crippen LogP contribution in [0.15, 0.2) is 83.5 Å². The largest absolute Gasteiger partial charge is 0.490 e. The Morgan fingerprint density at radius 2 is 1.69 bits per heavy atom. The minimum absolute atomic E-state index is 0.0156. The first-order valence-corrected chi connectivity index (χ1v) is 28.0. The van der Waals surface area contributed by atoms with Gasteiger partial charge in [-0.3, -0.25) is 4.90 Å². The molecule has 2 bridgehead atoms. The van der Waals surface area contributed by atoms with Gasteiger partial charge in [-0.2, -0.15) is 0 Å². The van der Waals surface area contributed by atoms with Crippen LogP contribution in [0.25, 0.3) is 31.8 Å². The first kappa shape index (κ1) is 60.0. The van der Waals surface area contributed by atoms with Crippen LogP contribution in [0.4, 0.5) is 8.78 Å². The number of ether oxygens (including phenoxy) is 9. The van der Waals surface area contributed by atoms with Crippen LogP contribution in [0.3, 0.4) is 0 Å². The number of allylic oxidation sites excluding steroid dienone is 6. The molecule has 5 aromatic rings. The van der Waals surface area contributed by atoms with Crippen molar-refractivity contribution in [1.82, 2.24) is 29.7 Å². The van der Waals surface area contributed by atoms with E-state index in [0.717, 1.165) is 37.3 Å². The summed E-state index contributed by atoms with van der Waals surface area (Å²) in [6, 6.07) is 13.0. The van der Waals surface area contributed by atoms with Crippen LogP contribution >= 0.6 is 22.9 Å². The number of hydrogen-bond donors (Lipinski definition) is 1. The maximum absolute atomic E-state index is 15.9. The van der Waals surface area contributed by atoms with Gasteiger partial charge in [-0.15, -0.1) is 17.8 Å². The molecule has 17 nitrogen and oxygen atoms in total. The molecule has 0 radical (unpaired) electrons. The van der Waals surface area contributed by atoms with Crippen LogP contribution < -0.4 is 14.2 Å². The molecule has 8 rings (SSSR count). The fourth-order valence-electron chi connectivity index (χ4n) is 9.47. The first-order valence-electron chi connectivity index (χ1n) is 26.8. The normalized spacial score (nSPS) is 21.4. The van der Waals surface area contributed by atoms with E-state index in [4.69, 9.17) is 65.6 Å². The van der Waals surface area contributed by atoms with Gasteiger partial charge in [0, 0.05) is 74.9 Å². The molecule has 2 aromatic carbocycles. The predicted molar refractivity (Wildman–Crippen MR) is 301 cm³/mol. The molecule has 21 heteroatoms. The highest BCUT2D eigenvalue weighted by Gasteiger charge is 2.34. The van der Waals surface area contributed by atoms with Crippen LogP contribution in [0, 0.1) is 18.2 Å². The van der Waals surface area contributed by atoms with Gasteiger partial charge >= 0.3 is 5.97 Å². The van der Waals surface area contributed by atoms with Crippen molar-refractivity contribution in [3.63, 3.8) is 0 Å². The number of nitrogens with zero attached hydrogens (tertiary/aromatic N) is 6. The highest BCUT2D eigenvalue weighted by Crippen LogP contribution is 2.48. The summed E-state index contributed by atoms with van der Waals surface area (Å²) in [6.45, 7) is 11.0. The Kier molecular flexibility index (Phi) is 22.2. The minimum atomic E-state index is -1.55. The average Bonchev–Trinajstić information content (AvgIpc) is 3.92.